The van der Waals surface area contributed by atoms with Crippen molar-refractivity contribution in [3.63, 3.8) is 0 Å². The van der Waals surface area contributed by atoms with E-state index in [1.807, 2.05) is 0 Å². The molecular weight excluding hydrogens is 496 g/mol. The second-order valence-electron chi connectivity index (χ2n) is 10.1. The van der Waals surface area contributed by atoms with Crippen LogP contribution < -0.4 is 21.3 Å². The number of aromatic nitrogens is 3. The molecule has 0 saturated heterocycles. The molecule has 0 spiro atoms. The van der Waals surface area contributed by atoms with Gasteiger partial charge in [-0.3, -0.25) is 4.79 Å². The first kappa shape index (κ1) is 26.4. The van der Waals surface area contributed by atoms with Crippen LogP contribution in [0.5, 0.6) is 11.5 Å². The van der Waals surface area contributed by atoms with E-state index in [-0.39, 0.29) is 35.0 Å². The van der Waals surface area contributed by atoms with Crippen LogP contribution in [0.15, 0.2) is 47.5 Å². The third kappa shape index (κ3) is 5.67. The van der Waals surface area contributed by atoms with E-state index in [9.17, 15) is 13.6 Å². The fourth-order valence-corrected chi connectivity index (χ4v) is 4.65. The van der Waals surface area contributed by atoms with Crippen LogP contribution in [0, 0.1) is 11.6 Å². The summed E-state index contributed by atoms with van der Waals surface area (Å²) in [6.07, 6.45) is 3.40. The number of hydrogen-bond acceptors (Lipinski definition) is 6. The normalized spacial score (nSPS) is 11.8. The summed E-state index contributed by atoms with van der Waals surface area (Å²) in [6, 6.07) is 7.58. The van der Waals surface area contributed by atoms with Gasteiger partial charge in [0.05, 0.1) is 11.4 Å². The van der Waals surface area contributed by atoms with Crippen molar-refractivity contribution in [2.45, 2.75) is 32.4 Å². The van der Waals surface area contributed by atoms with Gasteiger partial charge in [-0.05, 0) is 30.3 Å². The molecule has 3 N–H and O–H groups in total. The number of anilines is 2. The lowest BCUT2D eigenvalue weighted by Gasteiger charge is -2.18. The van der Waals surface area contributed by atoms with Gasteiger partial charge in [0.25, 0.3) is 5.56 Å². The number of nitrogens with one attached hydrogen (secondary N) is 1. The molecule has 196 valence electrons. The van der Waals surface area contributed by atoms with E-state index >= 15 is 0 Å². The van der Waals surface area contributed by atoms with Crippen molar-refractivity contribution in [2.75, 3.05) is 24.7 Å². The zero-order valence-corrected chi connectivity index (χ0v) is 22.6. The summed E-state index contributed by atoms with van der Waals surface area (Å²) in [5.41, 5.74) is 8.30. The van der Waals surface area contributed by atoms with E-state index < -0.39 is 19.7 Å². The van der Waals surface area contributed by atoms with Crippen molar-refractivity contribution in [2.24, 2.45) is 7.05 Å². The number of nitrogens with two attached hydrogens (primary N) is 1. The average molecular weight is 528 g/mol. The van der Waals surface area contributed by atoms with Gasteiger partial charge in [0.1, 0.15) is 12.5 Å². The number of nitrogens with zero attached hydrogens (tertiary/aromatic N) is 3. The van der Waals surface area contributed by atoms with Gasteiger partial charge in [0.15, 0.2) is 22.8 Å². The Morgan fingerprint density at radius 1 is 1.11 bits per heavy atom. The second kappa shape index (κ2) is 10.3. The fraction of sp³-hybridized carbons (Fsp3) is 0.308. The van der Waals surface area contributed by atoms with Gasteiger partial charge in [-0.15, -0.1) is 0 Å². The summed E-state index contributed by atoms with van der Waals surface area (Å²) in [5.74, 6) is -1.61. The topological polar surface area (TPSA) is 96.3 Å². The van der Waals surface area contributed by atoms with Crippen molar-refractivity contribution in [1.82, 2.24) is 14.3 Å². The SMILES string of the molecule is CNc1ccc(-c2cn(C)c(=O)c3nn(COCC[Si](C)(C)C)cc23)c(Oc2ccc(F)cc2F)c1N. The molecule has 4 rings (SSSR count). The molecule has 4 aromatic rings. The first-order chi connectivity index (χ1) is 17.5. The lowest BCUT2D eigenvalue weighted by molar-refractivity contribution is 0.0791. The van der Waals surface area contributed by atoms with Crippen LogP contribution in [0.25, 0.3) is 22.0 Å². The Morgan fingerprint density at radius 2 is 1.86 bits per heavy atom. The van der Waals surface area contributed by atoms with Gasteiger partial charge in [0, 0.05) is 63.7 Å². The van der Waals surface area contributed by atoms with E-state index in [0.29, 0.717) is 28.8 Å². The Morgan fingerprint density at radius 3 is 2.54 bits per heavy atom. The Hall–Kier alpha value is -3.70. The van der Waals surface area contributed by atoms with Crippen LogP contribution in [0.2, 0.25) is 25.7 Å². The molecule has 0 bridgehead atoms. The number of rotatable bonds is 9. The standard InChI is InChI=1S/C26H31F2N5O3Si/c1-30-21-8-7-17(25(23(21)29)36-22-9-6-16(27)12-20(22)28)18-13-32(2)26(34)24-19(18)14-33(31-24)15-35-10-11-37(3,4)5/h6-9,12-14,30H,10-11,15,29H2,1-5H3. The lowest BCUT2D eigenvalue weighted by atomic mass is 10.0. The van der Waals surface area contributed by atoms with Gasteiger partial charge in [-0.25, -0.2) is 13.5 Å². The molecule has 0 saturated carbocycles. The van der Waals surface area contributed by atoms with Crippen LogP contribution in [0.4, 0.5) is 20.2 Å². The summed E-state index contributed by atoms with van der Waals surface area (Å²) in [5, 5.41) is 8.02. The minimum absolute atomic E-state index is 0.163. The maximum Gasteiger partial charge on any atom is 0.278 e. The number of pyridine rings is 1. The van der Waals surface area contributed by atoms with Crippen LogP contribution in [0.3, 0.4) is 0 Å². The van der Waals surface area contributed by atoms with E-state index in [1.165, 1.54) is 10.6 Å². The monoisotopic (exact) mass is 527 g/mol. The van der Waals surface area contributed by atoms with Crippen LogP contribution in [-0.2, 0) is 18.5 Å². The molecule has 8 nitrogen and oxygen atoms in total. The van der Waals surface area contributed by atoms with Crippen LogP contribution in [0.1, 0.15) is 0 Å². The zero-order valence-electron chi connectivity index (χ0n) is 21.6. The van der Waals surface area contributed by atoms with Crippen molar-refractivity contribution >= 4 is 30.4 Å². The summed E-state index contributed by atoms with van der Waals surface area (Å²) in [7, 11) is 2.08. The zero-order chi connectivity index (χ0) is 26.9. The number of benzene rings is 2. The molecule has 0 aliphatic carbocycles. The van der Waals surface area contributed by atoms with E-state index in [4.69, 9.17) is 15.2 Å². The quantitative estimate of drug-likeness (QED) is 0.172. The highest BCUT2D eigenvalue weighted by molar-refractivity contribution is 6.76. The average Bonchev–Trinajstić information content (AvgIpc) is 3.26. The number of nitrogen functional groups attached to an aromatic ring is 1. The predicted octanol–water partition coefficient (Wildman–Crippen LogP) is 5.41. The highest BCUT2D eigenvalue weighted by Crippen LogP contribution is 2.44. The fourth-order valence-electron chi connectivity index (χ4n) is 3.89. The third-order valence-electron chi connectivity index (χ3n) is 5.98. The maximum atomic E-state index is 14.5. The molecule has 0 atom stereocenters. The third-order valence-corrected chi connectivity index (χ3v) is 7.68. The Kier molecular flexibility index (Phi) is 7.37. The molecule has 0 amide bonds. The smallest absolute Gasteiger partial charge is 0.278 e. The second-order valence-corrected chi connectivity index (χ2v) is 15.7. The first-order valence-corrected chi connectivity index (χ1v) is 15.6. The largest absolute Gasteiger partial charge is 0.451 e. The summed E-state index contributed by atoms with van der Waals surface area (Å²) >= 11 is 0. The minimum atomic E-state index is -1.24. The molecule has 0 aliphatic rings. The molecule has 2 aromatic heterocycles. The van der Waals surface area contributed by atoms with Crippen molar-refractivity contribution in [3.8, 4) is 22.6 Å². The van der Waals surface area contributed by atoms with Gasteiger partial charge in [-0.1, -0.05) is 19.6 Å². The Labute approximate surface area is 214 Å². The van der Waals surface area contributed by atoms with Gasteiger partial charge >= 0.3 is 0 Å². The summed E-state index contributed by atoms with van der Waals surface area (Å²) in [6.45, 7) is 7.64. The van der Waals surface area contributed by atoms with E-state index in [1.54, 1.807) is 43.3 Å². The number of ether oxygens (including phenoxy) is 2. The summed E-state index contributed by atoms with van der Waals surface area (Å²) in [4.78, 5) is 12.9. The minimum Gasteiger partial charge on any atom is -0.451 e. The molecule has 2 aromatic carbocycles. The van der Waals surface area contributed by atoms with Gasteiger partial charge < -0.3 is 25.1 Å². The predicted molar refractivity (Wildman–Crippen MR) is 145 cm³/mol. The molecule has 0 fully saturated rings. The molecule has 0 radical (unpaired) electrons. The molecular formula is C26H31F2N5O3Si. The van der Waals surface area contributed by atoms with Gasteiger partial charge in [0.2, 0.25) is 0 Å². The van der Waals surface area contributed by atoms with Crippen molar-refractivity contribution in [3.05, 3.63) is 64.7 Å². The molecule has 0 unspecified atom stereocenters. The molecule has 2 heterocycles. The van der Waals surface area contributed by atoms with Crippen molar-refractivity contribution in [1.29, 1.82) is 0 Å². The maximum absolute atomic E-state index is 14.5. The molecule has 37 heavy (non-hydrogen) atoms. The van der Waals surface area contributed by atoms with E-state index in [2.05, 4.69) is 30.1 Å². The lowest BCUT2D eigenvalue weighted by Crippen LogP contribution is -2.22. The number of hydrogen-bond donors (Lipinski definition) is 2. The Bertz CT molecular complexity index is 1510. The van der Waals surface area contributed by atoms with Crippen molar-refractivity contribution < 1.29 is 18.3 Å². The number of halogens is 2. The Balaban J connectivity index is 1.81. The number of fused-ring (bicyclic) bond motifs is 1. The number of aryl methyl sites for hydroxylation is 1. The molecule has 11 heteroatoms. The summed E-state index contributed by atoms with van der Waals surface area (Å²) < 4.78 is 42.7. The van der Waals surface area contributed by atoms with Crippen LogP contribution >= 0.6 is 0 Å². The van der Waals surface area contributed by atoms with E-state index in [0.717, 1.165) is 18.2 Å². The van der Waals surface area contributed by atoms with Crippen LogP contribution in [-0.4, -0.2) is 36.1 Å². The highest BCUT2D eigenvalue weighted by atomic mass is 28.3. The first-order valence-electron chi connectivity index (χ1n) is 11.9. The van der Waals surface area contributed by atoms with Gasteiger partial charge in [-0.2, -0.15) is 5.10 Å². The highest BCUT2D eigenvalue weighted by Gasteiger charge is 2.21. The molecule has 0 aliphatic heterocycles.